The van der Waals surface area contributed by atoms with Gasteiger partial charge in [-0.15, -0.1) is 0 Å². The average molecular weight is 354 g/mol. The molecular formula is C20H26N4O2. The van der Waals surface area contributed by atoms with Crippen LogP contribution in [0.1, 0.15) is 50.6 Å². The highest BCUT2D eigenvalue weighted by Gasteiger charge is 2.58. The molecule has 0 aliphatic carbocycles. The van der Waals surface area contributed by atoms with Crippen LogP contribution in [0.2, 0.25) is 0 Å². The van der Waals surface area contributed by atoms with Gasteiger partial charge in [0, 0.05) is 11.1 Å². The van der Waals surface area contributed by atoms with Crippen molar-refractivity contribution in [3.63, 3.8) is 0 Å². The van der Waals surface area contributed by atoms with E-state index >= 15 is 0 Å². The van der Waals surface area contributed by atoms with E-state index in [1.807, 2.05) is 82.3 Å². The Morgan fingerprint density at radius 1 is 0.846 bits per heavy atom. The minimum absolute atomic E-state index is 0.626. The molecule has 26 heavy (non-hydrogen) atoms. The smallest absolute Gasteiger partial charge is 0.136 e. The number of nitrogens with zero attached hydrogens (tertiary/aromatic N) is 3. The Morgan fingerprint density at radius 3 is 1.77 bits per heavy atom. The predicted molar refractivity (Wildman–Crippen MR) is 101 cm³/mol. The lowest BCUT2D eigenvalue weighted by Crippen LogP contribution is -2.52. The van der Waals surface area contributed by atoms with Crippen molar-refractivity contribution < 1.29 is 10.4 Å². The molecule has 2 aromatic carbocycles. The first kappa shape index (κ1) is 18.5. The third-order valence-electron chi connectivity index (χ3n) is 5.76. The SMILES string of the molecule is CC1(C)N(O)C(c2ccc(/C(=N\N)c3ccccc3)cc2)N(O)C1(C)C. The number of hydrogen-bond acceptors (Lipinski definition) is 6. The van der Waals surface area contributed by atoms with Crippen LogP contribution in [0.15, 0.2) is 59.7 Å². The van der Waals surface area contributed by atoms with E-state index in [1.54, 1.807) is 0 Å². The largest absolute Gasteiger partial charge is 0.323 e. The molecule has 1 heterocycles. The van der Waals surface area contributed by atoms with E-state index in [9.17, 15) is 10.4 Å². The fourth-order valence-corrected chi connectivity index (χ4v) is 3.28. The van der Waals surface area contributed by atoms with Crippen molar-refractivity contribution in [2.45, 2.75) is 44.9 Å². The average Bonchev–Trinajstić information content (AvgIpc) is 2.75. The molecule has 1 aliphatic heterocycles. The van der Waals surface area contributed by atoms with Gasteiger partial charge in [-0.05, 0) is 33.3 Å². The molecule has 2 aromatic rings. The standard InChI is InChI=1S/C20H26N4O2/c1-19(2)20(3,4)24(26)18(23(19)25)16-12-10-15(11-13-16)17(22-21)14-8-6-5-7-9-14/h5-13,18,25-26H,21H2,1-4H3/b22-17-. The van der Waals surface area contributed by atoms with Crippen molar-refractivity contribution in [1.82, 2.24) is 10.1 Å². The van der Waals surface area contributed by atoms with Gasteiger partial charge in [-0.25, -0.2) is 0 Å². The van der Waals surface area contributed by atoms with Crippen molar-refractivity contribution in [3.05, 3.63) is 71.3 Å². The monoisotopic (exact) mass is 354 g/mol. The quantitative estimate of drug-likeness (QED) is 0.447. The van der Waals surface area contributed by atoms with Crippen LogP contribution in [-0.4, -0.2) is 37.3 Å². The van der Waals surface area contributed by atoms with E-state index < -0.39 is 17.2 Å². The first-order valence-electron chi connectivity index (χ1n) is 8.62. The zero-order valence-corrected chi connectivity index (χ0v) is 15.6. The Morgan fingerprint density at radius 2 is 1.31 bits per heavy atom. The van der Waals surface area contributed by atoms with E-state index in [-0.39, 0.29) is 0 Å². The van der Waals surface area contributed by atoms with Crippen LogP contribution >= 0.6 is 0 Å². The van der Waals surface area contributed by atoms with Crippen LogP contribution < -0.4 is 5.84 Å². The van der Waals surface area contributed by atoms with E-state index in [0.717, 1.165) is 16.7 Å². The van der Waals surface area contributed by atoms with Crippen LogP contribution in [0.4, 0.5) is 0 Å². The second kappa shape index (κ2) is 6.48. The molecule has 0 aromatic heterocycles. The molecule has 0 bridgehead atoms. The fourth-order valence-electron chi connectivity index (χ4n) is 3.28. The summed E-state index contributed by atoms with van der Waals surface area (Å²) >= 11 is 0. The molecule has 6 heteroatoms. The summed E-state index contributed by atoms with van der Waals surface area (Å²) in [6.07, 6.45) is -0.649. The second-order valence-electron chi connectivity index (χ2n) is 7.65. The molecule has 1 aliphatic rings. The maximum atomic E-state index is 10.7. The third-order valence-corrected chi connectivity index (χ3v) is 5.76. The molecule has 3 rings (SSSR count). The van der Waals surface area contributed by atoms with Gasteiger partial charge in [0.15, 0.2) is 0 Å². The topological polar surface area (TPSA) is 85.3 Å². The molecule has 4 N–H and O–H groups in total. The lowest BCUT2D eigenvalue weighted by atomic mass is 9.84. The zero-order chi connectivity index (χ0) is 19.1. The van der Waals surface area contributed by atoms with Gasteiger partial charge in [0.2, 0.25) is 0 Å². The van der Waals surface area contributed by atoms with Crippen LogP contribution in [0.3, 0.4) is 0 Å². The van der Waals surface area contributed by atoms with Crippen molar-refractivity contribution in [3.8, 4) is 0 Å². The van der Waals surface area contributed by atoms with Gasteiger partial charge in [0.05, 0.1) is 16.8 Å². The molecule has 138 valence electrons. The van der Waals surface area contributed by atoms with Crippen molar-refractivity contribution in [1.29, 1.82) is 0 Å². The summed E-state index contributed by atoms with van der Waals surface area (Å²) in [5, 5.41) is 27.7. The van der Waals surface area contributed by atoms with Gasteiger partial charge in [-0.3, -0.25) is 0 Å². The maximum absolute atomic E-state index is 10.7. The third kappa shape index (κ3) is 2.71. The first-order chi connectivity index (χ1) is 12.2. The predicted octanol–water partition coefficient (Wildman–Crippen LogP) is 3.35. The fraction of sp³-hybridized carbons (Fsp3) is 0.350. The highest BCUT2D eigenvalue weighted by Crippen LogP contribution is 2.47. The highest BCUT2D eigenvalue weighted by molar-refractivity contribution is 6.12. The number of nitrogens with two attached hydrogens (primary N) is 1. The molecule has 0 amide bonds. The van der Waals surface area contributed by atoms with Crippen molar-refractivity contribution in [2.75, 3.05) is 0 Å². The first-order valence-corrected chi connectivity index (χ1v) is 8.62. The molecule has 0 radical (unpaired) electrons. The molecule has 0 spiro atoms. The lowest BCUT2D eigenvalue weighted by Gasteiger charge is -2.37. The molecule has 1 saturated heterocycles. The van der Waals surface area contributed by atoms with Crippen LogP contribution in [0, 0.1) is 0 Å². The van der Waals surface area contributed by atoms with Gasteiger partial charge in [-0.1, -0.05) is 54.6 Å². The minimum Gasteiger partial charge on any atom is -0.323 e. The molecular weight excluding hydrogens is 328 g/mol. The molecule has 1 fully saturated rings. The molecule has 6 nitrogen and oxygen atoms in total. The van der Waals surface area contributed by atoms with Gasteiger partial charge in [0.25, 0.3) is 0 Å². The normalized spacial score (nSPS) is 21.2. The van der Waals surface area contributed by atoms with Gasteiger partial charge in [0.1, 0.15) is 6.17 Å². The second-order valence-corrected chi connectivity index (χ2v) is 7.65. The van der Waals surface area contributed by atoms with E-state index in [2.05, 4.69) is 5.10 Å². The van der Waals surface area contributed by atoms with Crippen LogP contribution in [-0.2, 0) is 0 Å². The Kier molecular flexibility index (Phi) is 4.62. The van der Waals surface area contributed by atoms with Gasteiger partial charge in [-0.2, -0.15) is 15.2 Å². The number of hydroxylamine groups is 4. The van der Waals surface area contributed by atoms with Gasteiger partial charge >= 0.3 is 0 Å². The Bertz CT molecular complexity index is 780. The summed E-state index contributed by atoms with van der Waals surface area (Å²) < 4.78 is 0. The lowest BCUT2D eigenvalue weighted by molar-refractivity contribution is -0.223. The Balaban J connectivity index is 1.93. The minimum atomic E-state index is -0.649. The highest BCUT2D eigenvalue weighted by atomic mass is 16.6. The molecule has 0 atom stereocenters. The Labute approximate surface area is 154 Å². The number of hydrazone groups is 1. The summed E-state index contributed by atoms with van der Waals surface area (Å²) in [6.45, 7) is 7.61. The summed E-state index contributed by atoms with van der Waals surface area (Å²) in [7, 11) is 0. The maximum Gasteiger partial charge on any atom is 0.136 e. The summed E-state index contributed by atoms with van der Waals surface area (Å²) in [5.41, 5.74) is 2.01. The van der Waals surface area contributed by atoms with E-state index in [4.69, 9.17) is 5.84 Å². The van der Waals surface area contributed by atoms with Crippen LogP contribution in [0.25, 0.3) is 0 Å². The van der Waals surface area contributed by atoms with E-state index in [1.165, 1.54) is 10.1 Å². The zero-order valence-electron chi connectivity index (χ0n) is 15.6. The Hall–Kier alpha value is -2.25. The number of benzene rings is 2. The van der Waals surface area contributed by atoms with Crippen molar-refractivity contribution in [2.24, 2.45) is 10.9 Å². The number of rotatable bonds is 3. The summed E-state index contributed by atoms with van der Waals surface area (Å²) in [6, 6.07) is 17.3. The summed E-state index contributed by atoms with van der Waals surface area (Å²) in [5.74, 6) is 5.60. The molecule has 0 unspecified atom stereocenters. The molecule has 0 saturated carbocycles. The van der Waals surface area contributed by atoms with Crippen LogP contribution in [0.5, 0.6) is 0 Å². The van der Waals surface area contributed by atoms with Crippen molar-refractivity contribution >= 4 is 5.71 Å². The van der Waals surface area contributed by atoms with E-state index in [0.29, 0.717) is 5.71 Å². The number of hydrogen-bond donors (Lipinski definition) is 3. The van der Waals surface area contributed by atoms with Gasteiger partial charge < -0.3 is 16.3 Å². The summed E-state index contributed by atoms with van der Waals surface area (Å²) in [4.78, 5) is 0.